The molecule has 2 amide bonds. The number of benzene rings is 1. The molecule has 0 unspecified atom stereocenters. The van der Waals surface area contributed by atoms with E-state index in [2.05, 4.69) is 10.1 Å². The second-order valence-corrected chi connectivity index (χ2v) is 3.97. The Morgan fingerprint density at radius 1 is 1.53 bits per heavy atom. The van der Waals surface area contributed by atoms with Crippen molar-refractivity contribution in [2.24, 2.45) is 5.73 Å². The summed E-state index contributed by atoms with van der Waals surface area (Å²) in [5, 5.41) is 11.3. The van der Waals surface area contributed by atoms with Gasteiger partial charge in [-0.05, 0) is 17.7 Å². The van der Waals surface area contributed by atoms with Gasteiger partial charge in [-0.1, -0.05) is 12.1 Å². The van der Waals surface area contributed by atoms with E-state index in [1.807, 2.05) is 6.07 Å². The van der Waals surface area contributed by atoms with Crippen molar-refractivity contribution >= 4 is 11.8 Å². The summed E-state index contributed by atoms with van der Waals surface area (Å²) in [6.07, 6.45) is 0.236. The summed E-state index contributed by atoms with van der Waals surface area (Å²) in [6, 6.07) is 7.97. The van der Waals surface area contributed by atoms with Crippen LogP contribution in [0.1, 0.15) is 11.1 Å². The predicted molar refractivity (Wildman–Crippen MR) is 67.9 cm³/mol. The number of nitrogens with two attached hydrogens (primary N) is 1. The van der Waals surface area contributed by atoms with Crippen molar-refractivity contribution in [3.05, 3.63) is 35.4 Å². The number of rotatable bonds is 6. The quantitative estimate of drug-likeness (QED) is 0.734. The molecule has 3 N–H and O–H groups in total. The summed E-state index contributed by atoms with van der Waals surface area (Å²) in [6.45, 7) is -0.137. The fourth-order valence-electron chi connectivity index (χ4n) is 1.59. The highest BCUT2D eigenvalue weighted by molar-refractivity contribution is 5.87. The molecule has 1 aromatic rings. The van der Waals surface area contributed by atoms with Crippen LogP contribution in [-0.2, 0) is 20.7 Å². The highest BCUT2D eigenvalue weighted by Gasteiger charge is 2.18. The van der Waals surface area contributed by atoms with E-state index < -0.39 is 17.9 Å². The SMILES string of the molecule is COCC(=O)N[C@@H](Cc1cccc(C#N)c1)C(N)=O. The molecule has 0 saturated heterocycles. The second kappa shape index (κ2) is 7.13. The lowest BCUT2D eigenvalue weighted by molar-refractivity contribution is -0.129. The molecule has 0 aromatic heterocycles. The van der Waals surface area contributed by atoms with Crippen LogP contribution in [0.25, 0.3) is 0 Å². The average molecular weight is 261 g/mol. The zero-order valence-corrected chi connectivity index (χ0v) is 10.6. The van der Waals surface area contributed by atoms with Gasteiger partial charge in [-0.3, -0.25) is 9.59 Å². The van der Waals surface area contributed by atoms with Crippen molar-refractivity contribution in [2.45, 2.75) is 12.5 Å². The molecule has 0 saturated carbocycles. The molecule has 0 aliphatic rings. The van der Waals surface area contributed by atoms with E-state index in [1.165, 1.54) is 7.11 Å². The van der Waals surface area contributed by atoms with Crippen LogP contribution in [0.15, 0.2) is 24.3 Å². The van der Waals surface area contributed by atoms with E-state index in [0.717, 1.165) is 5.56 Å². The maximum Gasteiger partial charge on any atom is 0.246 e. The van der Waals surface area contributed by atoms with E-state index in [4.69, 9.17) is 11.0 Å². The van der Waals surface area contributed by atoms with E-state index >= 15 is 0 Å². The molecule has 0 heterocycles. The molecular formula is C13H15N3O3. The van der Waals surface area contributed by atoms with Gasteiger partial charge in [0, 0.05) is 13.5 Å². The number of nitrogens with zero attached hydrogens (tertiary/aromatic N) is 1. The zero-order chi connectivity index (χ0) is 14.3. The molecule has 0 bridgehead atoms. The number of nitriles is 1. The zero-order valence-electron chi connectivity index (χ0n) is 10.6. The first-order chi connectivity index (χ1) is 9.06. The van der Waals surface area contributed by atoms with Gasteiger partial charge in [-0.15, -0.1) is 0 Å². The third-order valence-corrected chi connectivity index (χ3v) is 2.45. The van der Waals surface area contributed by atoms with E-state index in [9.17, 15) is 9.59 Å². The number of nitrogens with one attached hydrogen (secondary N) is 1. The van der Waals surface area contributed by atoms with E-state index in [0.29, 0.717) is 5.56 Å². The fraction of sp³-hybridized carbons (Fsp3) is 0.308. The largest absolute Gasteiger partial charge is 0.375 e. The summed E-state index contributed by atoms with van der Waals surface area (Å²) < 4.78 is 4.66. The van der Waals surface area contributed by atoms with Crippen LogP contribution in [0, 0.1) is 11.3 Å². The molecule has 19 heavy (non-hydrogen) atoms. The number of hydrogen-bond donors (Lipinski definition) is 2. The Bertz CT molecular complexity index is 508. The highest BCUT2D eigenvalue weighted by Crippen LogP contribution is 2.07. The summed E-state index contributed by atoms with van der Waals surface area (Å²) in [5.74, 6) is -1.05. The summed E-state index contributed by atoms with van der Waals surface area (Å²) in [4.78, 5) is 22.7. The minimum Gasteiger partial charge on any atom is -0.375 e. The fourth-order valence-corrected chi connectivity index (χ4v) is 1.59. The van der Waals surface area contributed by atoms with Gasteiger partial charge in [-0.2, -0.15) is 5.26 Å². The maximum atomic E-state index is 11.4. The number of ether oxygens (including phenoxy) is 1. The third kappa shape index (κ3) is 4.77. The summed E-state index contributed by atoms with van der Waals surface area (Å²) in [5.41, 5.74) is 6.48. The topological polar surface area (TPSA) is 105 Å². The monoisotopic (exact) mass is 261 g/mol. The standard InChI is InChI=1S/C13H15N3O3/c1-19-8-12(17)16-11(13(15)18)6-9-3-2-4-10(5-9)7-14/h2-5,11H,6,8H2,1H3,(H2,15,18)(H,16,17)/t11-/m0/s1. The van der Waals surface area contributed by atoms with Gasteiger partial charge in [0.15, 0.2) is 0 Å². The van der Waals surface area contributed by atoms with Crippen molar-refractivity contribution in [1.29, 1.82) is 5.26 Å². The Morgan fingerprint density at radius 2 is 2.26 bits per heavy atom. The first kappa shape index (κ1) is 14.7. The van der Waals surface area contributed by atoms with Crippen LogP contribution < -0.4 is 11.1 Å². The van der Waals surface area contributed by atoms with Gasteiger partial charge in [0.25, 0.3) is 0 Å². The lowest BCUT2D eigenvalue weighted by Gasteiger charge is -2.15. The van der Waals surface area contributed by atoms with Crippen LogP contribution >= 0.6 is 0 Å². The maximum absolute atomic E-state index is 11.4. The minimum atomic E-state index is -0.823. The Hall–Kier alpha value is -2.39. The molecule has 0 aliphatic heterocycles. The van der Waals surface area contributed by atoms with Crippen LogP contribution in [0.3, 0.4) is 0 Å². The Balaban J connectivity index is 2.75. The molecule has 0 radical (unpaired) electrons. The lowest BCUT2D eigenvalue weighted by atomic mass is 10.0. The van der Waals surface area contributed by atoms with Gasteiger partial charge in [0.1, 0.15) is 12.6 Å². The minimum absolute atomic E-state index is 0.137. The lowest BCUT2D eigenvalue weighted by Crippen LogP contribution is -2.47. The summed E-state index contributed by atoms with van der Waals surface area (Å²) >= 11 is 0. The molecular weight excluding hydrogens is 246 g/mol. The molecule has 1 atom stereocenters. The smallest absolute Gasteiger partial charge is 0.246 e. The van der Waals surface area contributed by atoms with Crippen LogP contribution in [0.5, 0.6) is 0 Å². The normalized spacial score (nSPS) is 11.4. The number of carbonyl (C=O) groups is 2. The van der Waals surface area contributed by atoms with Crippen LogP contribution in [-0.4, -0.2) is 31.6 Å². The molecule has 0 aliphatic carbocycles. The number of amides is 2. The molecule has 0 spiro atoms. The first-order valence-corrected chi connectivity index (χ1v) is 5.63. The van der Waals surface area contributed by atoms with Gasteiger partial charge < -0.3 is 15.8 Å². The van der Waals surface area contributed by atoms with Crippen molar-refractivity contribution in [3.8, 4) is 6.07 Å². The number of hydrogen-bond acceptors (Lipinski definition) is 4. The van der Waals surface area contributed by atoms with Gasteiger partial charge in [0.2, 0.25) is 11.8 Å². The van der Waals surface area contributed by atoms with Crippen molar-refractivity contribution in [1.82, 2.24) is 5.32 Å². The number of carbonyl (C=O) groups excluding carboxylic acids is 2. The summed E-state index contributed by atoms with van der Waals surface area (Å²) in [7, 11) is 1.38. The molecule has 1 aromatic carbocycles. The number of primary amides is 1. The second-order valence-electron chi connectivity index (χ2n) is 3.97. The molecule has 0 fully saturated rings. The first-order valence-electron chi connectivity index (χ1n) is 5.63. The van der Waals surface area contributed by atoms with Gasteiger partial charge in [-0.25, -0.2) is 0 Å². The molecule has 100 valence electrons. The van der Waals surface area contributed by atoms with E-state index in [-0.39, 0.29) is 13.0 Å². The average Bonchev–Trinajstić information content (AvgIpc) is 2.38. The van der Waals surface area contributed by atoms with Crippen molar-refractivity contribution in [2.75, 3.05) is 13.7 Å². The van der Waals surface area contributed by atoms with Gasteiger partial charge >= 0.3 is 0 Å². The Labute approximate surface area is 111 Å². The van der Waals surface area contributed by atoms with Crippen LogP contribution in [0.4, 0.5) is 0 Å². The van der Waals surface area contributed by atoms with E-state index in [1.54, 1.807) is 24.3 Å². The molecule has 6 heteroatoms. The van der Waals surface area contributed by atoms with Crippen LogP contribution in [0.2, 0.25) is 0 Å². The third-order valence-electron chi connectivity index (χ3n) is 2.45. The van der Waals surface area contributed by atoms with Crippen molar-refractivity contribution < 1.29 is 14.3 Å². The predicted octanol–water partition coefficient (Wildman–Crippen LogP) is -0.283. The number of methoxy groups -OCH3 is 1. The van der Waals surface area contributed by atoms with Crippen molar-refractivity contribution in [3.63, 3.8) is 0 Å². The van der Waals surface area contributed by atoms with Gasteiger partial charge in [0.05, 0.1) is 11.6 Å². The Kier molecular flexibility index (Phi) is 5.51. The molecule has 6 nitrogen and oxygen atoms in total. The Morgan fingerprint density at radius 3 is 2.84 bits per heavy atom. The molecule has 1 rings (SSSR count). The highest BCUT2D eigenvalue weighted by atomic mass is 16.5.